The summed E-state index contributed by atoms with van der Waals surface area (Å²) in [5.74, 6) is -0.233. The second-order valence-electron chi connectivity index (χ2n) is 8.27. The molecule has 4 heterocycles. The molecule has 2 fully saturated rings. The Balaban J connectivity index is 0.000000204. The van der Waals surface area contributed by atoms with E-state index >= 15 is 0 Å². The van der Waals surface area contributed by atoms with Crippen LogP contribution < -0.4 is 10.2 Å². The van der Waals surface area contributed by atoms with Crippen LogP contribution in [-0.4, -0.2) is 96.1 Å². The van der Waals surface area contributed by atoms with Gasteiger partial charge in [-0.15, -0.1) is 0 Å². The van der Waals surface area contributed by atoms with Gasteiger partial charge in [0.1, 0.15) is 0 Å². The highest BCUT2D eigenvalue weighted by Gasteiger charge is 2.15. The lowest BCUT2D eigenvalue weighted by Crippen LogP contribution is -2.28. The molecular formula is C22H33BrN8O4. The van der Waals surface area contributed by atoms with E-state index in [0.29, 0.717) is 0 Å². The van der Waals surface area contributed by atoms with Gasteiger partial charge in [-0.05, 0) is 94.4 Å². The molecule has 12 nitrogen and oxygen atoms in total. The Bertz CT molecular complexity index is 909. The highest BCUT2D eigenvalue weighted by Crippen LogP contribution is 2.17. The average molecular weight is 553 g/mol. The fraction of sp³-hybridized carbons (Fsp3) is 0.545. The summed E-state index contributed by atoms with van der Waals surface area (Å²) in [6.07, 6.45) is 5.38. The minimum absolute atomic E-state index is 0.0966. The molecular weight excluding hydrogens is 520 g/mol. The number of hydrogen-bond acceptors (Lipinski definition) is 10. The maximum absolute atomic E-state index is 10.5. The standard InChI is InChI=1S/C11H16N4O2.C6H14N2.C5H3BrN2O2/c1-13-5-2-6-14(8-7-13)10-3-4-11(12-9-10)15(16)17;1-8-5-2-3-7-4-6-8;6-4-1-2-5(7-3-4)8(9)10/h3-4,9H,2,5-8H2,1H3;7H,2-6H2,1H3;1-3H. The summed E-state index contributed by atoms with van der Waals surface area (Å²) in [5.41, 5.74) is 0.964. The molecule has 0 saturated carbocycles. The number of nitrogens with one attached hydrogen (secondary N) is 1. The number of hydrogen-bond donors (Lipinski definition) is 1. The molecule has 13 heteroatoms. The molecule has 0 unspecified atom stereocenters. The molecule has 0 radical (unpaired) electrons. The number of rotatable bonds is 3. The monoisotopic (exact) mass is 552 g/mol. The minimum atomic E-state index is -0.535. The van der Waals surface area contributed by atoms with E-state index in [1.807, 2.05) is 0 Å². The maximum atomic E-state index is 10.5. The molecule has 0 bridgehead atoms. The van der Waals surface area contributed by atoms with Crippen molar-refractivity contribution in [2.24, 2.45) is 0 Å². The SMILES string of the molecule is CN1CCCN(c2ccc([N+](=O)[O-])nc2)CC1.CN1CCCNCC1.O=[N+]([O-])c1ccc(Br)cn1. The molecule has 0 aliphatic carbocycles. The zero-order valence-corrected chi connectivity index (χ0v) is 21.8. The summed E-state index contributed by atoms with van der Waals surface area (Å²) in [4.78, 5) is 33.8. The first kappa shape index (κ1) is 28.5. The number of nitrogens with zero attached hydrogens (tertiary/aromatic N) is 7. The van der Waals surface area contributed by atoms with Gasteiger partial charge in [0.05, 0.1) is 10.2 Å². The number of aromatic nitrogens is 2. The minimum Gasteiger partial charge on any atom is -0.367 e. The van der Waals surface area contributed by atoms with Crippen molar-refractivity contribution in [1.29, 1.82) is 0 Å². The van der Waals surface area contributed by atoms with E-state index in [2.05, 4.69) is 60.0 Å². The summed E-state index contributed by atoms with van der Waals surface area (Å²) in [6.45, 7) is 8.85. The largest absolute Gasteiger partial charge is 0.367 e. The van der Waals surface area contributed by atoms with Gasteiger partial charge >= 0.3 is 11.6 Å². The van der Waals surface area contributed by atoms with Gasteiger partial charge in [0.2, 0.25) is 0 Å². The number of halogens is 1. The van der Waals surface area contributed by atoms with Crippen LogP contribution in [0.4, 0.5) is 17.3 Å². The first-order valence-corrected chi connectivity index (χ1v) is 12.2. The summed E-state index contributed by atoms with van der Waals surface area (Å²) in [5, 5.41) is 23.9. The Morgan fingerprint density at radius 2 is 1.43 bits per heavy atom. The second-order valence-corrected chi connectivity index (χ2v) is 9.19. The molecule has 2 aromatic rings. The quantitative estimate of drug-likeness (QED) is 0.447. The van der Waals surface area contributed by atoms with Crippen LogP contribution in [0.5, 0.6) is 0 Å². The third-order valence-corrected chi connectivity index (χ3v) is 5.94. The van der Waals surface area contributed by atoms with E-state index in [4.69, 9.17) is 0 Å². The van der Waals surface area contributed by atoms with E-state index in [0.717, 1.165) is 49.3 Å². The van der Waals surface area contributed by atoms with Crippen LogP contribution in [0, 0.1) is 20.2 Å². The molecule has 2 aliphatic heterocycles. The lowest BCUT2D eigenvalue weighted by atomic mass is 10.3. The molecule has 0 spiro atoms. The molecule has 2 aliphatic rings. The second kappa shape index (κ2) is 15.3. The first-order chi connectivity index (χ1) is 16.8. The van der Waals surface area contributed by atoms with Crippen LogP contribution in [0.1, 0.15) is 12.8 Å². The van der Waals surface area contributed by atoms with Gasteiger partial charge in [-0.2, -0.15) is 0 Å². The van der Waals surface area contributed by atoms with Crippen molar-refractivity contribution in [3.05, 3.63) is 61.4 Å². The molecule has 0 atom stereocenters. The molecule has 1 N–H and O–H groups in total. The van der Waals surface area contributed by atoms with Crippen molar-refractivity contribution in [3.8, 4) is 0 Å². The Hall–Kier alpha value is -2.74. The van der Waals surface area contributed by atoms with Crippen LogP contribution in [0.3, 0.4) is 0 Å². The Kier molecular flexibility index (Phi) is 12.5. The first-order valence-electron chi connectivity index (χ1n) is 11.5. The highest BCUT2D eigenvalue weighted by atomic mass is 79.9. The molecule has 2 aromatic heterocycles. The lowest BCUT2D eigenvalue weighted by Gasteiger charge is -2.21. The summed E-state index contributed by atoms with van der Waals surface area (Å²) >= 11 is 3.11. The molecule has 0 amide bonds. The van der Waals surface area contributed by atoms with Crippen molar-refractivity contribution >= 4 is 33.3 Å². The van der Waals surface area contributed by atoms with Gasteiger partial charge in [0.15, 0.2) is 12.4 Å². The van der Waals surface area contributed by atoms with Gasteiger partial charge in [0, 0.05) is 44.9 Å². The van der Waals surface area contributed by atoms with Gasteiger partial charge in [-0.3, -0.25) is 0 Å². The number of anilines is 1. The smallest absolute Gasteiger partial charge is 0.363 e. The zero-order valence-electron chi connectivity index (χ0n) is 20.2. The van der Waals surface area contributed by atoms with Crippen molar-refractivity contribution in [2.45, 2.75) is 12.8 Å². The highest BCUT2D eigenvalue weighted by molar-refractivity contribution is 9.10. The van der Waals surface area contributed by atoms with Crippen molar-refractivity contribution in [1.82, 2.24) is 25.1 Å². The van der Waals surface area contributed by atoms with E-state index in [-0.39, 0.29) is 11.6 Å². The van der Waals surface area contributed by atoms with Crippen molar-refractivity contribution in [2.75, 3.05) is 71.4 Å². The van der Waals surface area contributed by atoms with E-state index < -0.39 is 9.85 Å². The van der Waals surface area contributed by atoms with Crippen LogP contribution in [0.15, 0.2) is 41.1 Å². The van der Waals surface area contributed by atoms with Crippen LogP contribution in [0.25, 0.3) is 0 Å². The maximum Gasteiger partial charge on any atom is 0.363 e. The van der Waals surface area contributed by atoms with E-state index in [9.17, 15) is 20.2 Å². The van der Waals surface area contributed by atoms with Crippen molar-refractivity contribution in [3.63, 3.8) is 0 Å². The van der Waals surface area contributed by atoms with E-state index in [1.54, 1.807) is 18.3 Å². The molecule has 192 valence electrons. The summed E-state index contributed by atoms with van der Waals surface area (Å²) in [7, 11) is 4.28. The van der Waals surface area contributed by atoms with Gasteiger partial charge < -0.3 is 40.2 Å². The van der Waals surface area contributed by atoms with Crippen molar-refractivity contribution < 1.29 is 9.85 Å². The lowest BCUT2D eigenvalue weighted by molar-refractivity contribution is -0.389. The normalized spacial score (nSPS) is 17.1. The predicted molar refractivity (Wildman–Crippen MR) is 139 cm³/mol. The third kappa shape index (κ3) is 11.0. The summed E-state index contributed by atoms with van der Waals surface area (Å²) < 4.78 is 0.734. The predicted octanol–water partition coefficient (Wildman–Crippen LogP) is 2.80. The molecule has 35 heavy (non-hydrogen) atoms. The molecule has 0 aromatic carbocycles. The van der Waals surface area contributed by atoms with Gasteiger partial charge in [-0.25, -0.2) is 0 Å². The number of nitro groups is 2. The van der Waals surface area contributed by atoms with Crippen LogP contribution in [0.2, 0.25) is 0 Å². The topological polar surface area (TPSA) is 134 Å². The molecule has 2 saturated heterocycles. The van der Waals surface area contributed by atoms with Crippen LogP contribution in [-0.2, 0) is 0 Å². The summed E-state index contributed by atoms with van der Waals surface area (Å²) in [6, 6.07) is 6.15. The Morgan fingerprint density at radius 1 is 0.800 bits per heavy atom. The Morgan fingerprint density at radius 3 is 2.03 bits per heavy atom. The molecule has 4 rings (SSSR count). The van der Waals surface area contributed by atoms with E-state index in [1.165, 1.54) is 44.4 Å². The number of likely N-dealkylation sites (N-methyl/N-ethyl adjacent to an activating group) is 2. The number of pyridine rings is 2. The van der Waals surface area contributed by atoms with Gasteiger partial charge in [0.25, 0.3) is 0 Å². The fourth-order valence-electron chi connectivity index (χ4n) is 3.43. The third-order valence-electron chi connectivity index (χ3n) is 5.47. The average Bonchev–Trinajstić information content (AvgIpc) is 3.22. The van der Waals surface area contributed by atoms with Crippen LogP contribution >= 0.6 is 15.9 Å². The Labute approximate surface area is 213 Å². The zero-order chi connectivity index (χ0) is 25.6. The fourth-order valence-corrected chi connectivity index (χ4v) is 3.67. The van der Waals surface area contributed by atoms with Gasteiger partial charge in [-0.1, -0.05) is 0 Å².